The Bertz CT molecular complexity index is 1150. The fourth-order valence-corrected chi connectivity index (χ4v) is 7.09. The lowest BCUT2D eigenvalue weighted by molar-refractivity contribution is -0.274. The van der Waals surface area contributed by atoms with E-state index in [2.05, 4.69) is 36.7 Å². The molecule has 4 bridgehead atoms. The maximum absolute atomic E-state index is 12.7. The van der Waals surface area contributed by atoms with Crippen molar-refractivity contribution in [3.05, 3.63) is 41.6 Å². The molecular formula is C27H33F3N6O2. The minimum atomic E-state index is -4.79. The molecule has 6 rings (SSSR count). The first-order valence-corrected chi connectivity index (χ1v) is 13.2. The number of benzene rings is 1. The van der Waals surface area contributed by atoms with E-state index in [9.17, 15) is 18.4 Å². The number of hydrogen-bond donors (Lipinski definition) is 4. The van der Waals surface area contributed by atoms with Gasteiger partial charge in [0.1, 0.15) is 23.2 Å². The molecule has 1 aromatic heterocycles. The molecule has 0 radical (unpaired) electrons. The van der Waals surface area contributed by atoms with Crippen molar-refractivity contribution >= 4 is 11.8 Å². The summed E-state index contributed by atoms with van der Waals surface area (Å²) < 4.78 is 42.4. The molecule has 38 heavy (non-hydrogen) atoms. The molecule has 0 saturated heterocycles. The molecule has 5 atom stereocenters. The first-order valence-electron chi connectivity index (χ1n) is 13.2. The molecule has 3 unspecified atom stereocenters. The van der Waals surface area contributed by atoms with Gasteiger partial charge in [0.15, 0.2) is 0 Å². The van der Waals surface area contributed by atoms with Crippen molar-refractivity contribution in [2.24, 2.45) is 23.2 Å². The van der Waals surface area contributed by atoms with E-state index in [0.717, 1.165) is 31.7 Å². The fraction of sp³-hybridized carbons (Fsp3) is 0.593. The van der Waals surface area contributed by atoms with Crippen molar-refractivity contribution in [3.63, 3.8) is 0 Å². The molecule has 0 spiro atoms. The first kappa shape index (κ1) is 26.5. The van der Waals surface area contributed by atoms with Crippen LogP contribution in [0.2, 0.25) is 0 Å². The number of nitrogens with zero attached hydrogens (tertiary/aromatic N) is 3. The van der Waals surface area contributed by atoms with E-state index in [4.69, 9.17) is 5.11 Å². The normalized spacial score (nSPS) is 27.7. The zero-order chi connectivity index (χ0) is 26.8. The topological polar surface area (TPSA) is 115 Å². The van der Waals surface area contributed by atoms with Gasteiger partial charge in [0.25, 0.3) is 0 Å². The molecular weight excluding hydrogens is 497 g/mol. The molecule has 2 aromatic rings. The molecule has 0 amide bonds. The third kappa shape index (κ3) is 5.97. The van der Waals surface area contributed by atoms with Gasteiger partial charge in [-0.3, -0.25) is 0 Å². The Morgan fingerprint density at radius 1 is 1.13 bits per heavy atom. The van der Waals surface area contributed by atoms with Crippen LogP contribution in [0.1, 0.15) is 49.7 Å². The number of nitrogens with one attached hydrogen (secondary N) is 3. The van der Waals surface area contributed by atoms with Crippen LogP contribution in [0.5, 0.6) is 5.75 Å². The van der Waals surface area contributed by atoms with Gasteiger partial charge in [0.05, 0.1) is 6.20 Å². The highest BCUT2D eigenvalue weighted by Gasteiger charge is 2.54. The first-order chi connectivity index (χ1) is 18.3. The van der Waals surface area contributed by atoms with Gasteiger partial charge in [0.2, 0.25) is 5.95 Å². The van der Waals surface area contributed by atoms with Crippen LogP contribution in [-0.2, 0) is 6.54 Å². The average molecular weight is 531 g/mol. The molecule has 4 fully saturated rings. The van der Waals surface area contributed by atoms with Crippen molar-refractivity contribution in [2.75, 3.05) is 30.3 Å². The highest BCUT2D eigenvalue weighted by atomic mass is 19.4. The summed E-state index contributed by atoms with van der Waals surface area (Å²) in [6.45, 7) is 1.79. The summed E-state index contributed by atoms with van der Waals surface area (Å²) in [7, 11) is 0. The predicted molar refractivity (Wildman–Crippen MR) is 135 cm³/mol. The minimum absolute atomic E-state index is 0.0250. The third-order valence-electron chi connectivity index (χ3n) is 8.29. The number of rotatable bonds is 11. The van der Waals surface area contributed by atoms with Gasteiger partial charge in [-0.15, -0.1) is 13.2 Å². The molecule has 1 heterocycles. The van der Waals surface area contributed by atoms with Crippen molar-refractivity contribution < 1.29 is 23.0 Å². The van der Waals surface area contributed by atoms with Gasteiger partial charge >= 0.3 is 6.36 Å². The third-order valence-corrected chi connectivity index (χ3v) is 8.29. The molecule has 1 aromatic carbocycles. The van der Waals surface area contributed by atoms with Gasteiger partial charge in [-0.2, -0.15) is 10.2 Å². The number of anilines is 2. The van der Waals surface area contributed by atoms with Crippen LogP contribution in [0.3, 0.4) is 0 Å². The van der Waals surface area contributed by atoms with Crippen molar-refractivity contribution in [1.29, 1.82) is 5.26 Å². The standard InChI is InChI=1S/C27H33F3N6O2/c28-27(29,30)38-22-5-2-1-4-18(22)14-33-25-34-15-21(13-31)24(36-25)35-16-26-10-17-8-19(11-26)23(20(9-17)12-26)32-6-3-7-37/h1-2,4-5,15,17,19-20,23,32,37H,3,6-12,14,16H2,(H2,33,34,35,36)/t17?,19-,20+,23?,26?. The van der Waals surface area contributed by atoms with Crippen LogP contribution in [0.25, 0.3) is 0 Å². The summed E-state index contributed by atoms with van der Waals surface area (Å²) in [6.07, 6.45) is 3.33. The van der Waals surface area contributed by atoms with Crippen LogP contribution >= 0.6 is 0 Å². The SMILES string of the molecule is N#Cc1cnc(NCc2ccccc2OC(F)(F)F)nc1NCC12CC3C[C@H](C1)C(NCCCO)[C@@H](C3)C2. The molecule has 0 aliphatic heterocycles. The van der Waals surface area contributed by atoms with Crippen molar-refractivity contribution in [3.8, 4) is 11.8 Å². The number of hydrogen-bond acceptors (Lipinski definition) is 8. The molecule has 4 aliphatic carbocycles. The number of para-hydroxylation sites is 1. The summed E-state index contributed by atoms with van der Waals surface area (Å²) in [5.41, 5.74) is 0.790. The Morgan fingerprint density at radius 3 is 2.61 bits per heavy atom. The Hall–Kier alpha value is -3.10. The molecule has 4 saturated carbocycles. The second kappa shape index (κ2) is 10.9. The molecule has 11 heteroatoms. The van der Waals surface area contributed by atoms with Crippen LogP contribution in [0.4, 0.5) is 24.9 Å². The number of alkyl halides is 3. The van der Waals surface area contributed by atoms with E-state index in [1.54, 1.807) is 6.07 Å². The second-order valence-corrected chi connectivity index (χ2v) is 11.0. The zero-order valence-electron chi connectivity index (χ0n) is 21.1. The fourth-order valence-electron chi connectivity index (χ4n) is 7.09. The number of nitriles is 1. The largest absolute Gasteiger partial charge is 0.573 e. The maximum atomic E-state index is 12.7. The average Bonchev–Trinajstić information content (AvgIpc) is 2.87. The van der Waals surface area contributed by atoms with Crippen LogP contribution in [-0.4, -0.2) is 47.2 Å². The molecule has 204 valence electrons. The molecule has 4 aliphatic rings. The lowest BCUT2D eigenvalue weighted by atomic mass is 9.48. The Kier molecular flexibility index (Phi) is 7.63. The summed E-state index contributed by atoms with van der Waals surface area (Å²) in [5.74, 6) is 2.33. The Balaban J connectivity index is 1.24. The summed E-state index contributed by atoms with van der Waals surface area (Å²) in [4.78, 5) is 8.67. The van der Waals surface area contributed by atoms with E-state index in [1.807, 2.05) is 0 Å². The quantitative estimate of drug-likeness (QED) is 0.315. The highest BCUT2D eigenvalue weighted by Crippen LogP contribution is 2.60. The number of aliphatic hydroxyl groups is 1. The van der Waals surface area contributed by atoms with Crippen LogP contribution in [0.15, 0.2) is 30.5 Å². The zero-order valence-corrected chi connectivity index (χ0v) is 21.1. The van der Waals surface area contributed by atoms with Crippen molar-refractivity contribution in [2.45, 2.75) is 57.5 Å². The summed E-state index contributed by atoms with van der Waals surface area (Å²) in [5, 5.41) is 28.9. The number of ether oxygens (including phenoxy) is 1. The van der Waals surface area contributed by atoms with E-state index in [-0.39, 0.29) is 30.3 Å². The van der Waals surface area contributed by atoms with Gasteiger partial charge in [-0.05, 0) is 74.3 Å². The second-order valence-electron chi connectivity index (χ2n) is 11.0. The molecule has 4 N–H and O–H groups in total. The Labute approximate surface area is 220 Å². The van der Waals surface area contributed by atoms with E-state index >= 15 is 0 Å². The summed E-state index contributed by atoms with van der Waals surface area (Å²) >= 11 is 0. The van der Waals surface area contributed by atoms with E-state index < -0.39 is 6.36 Å². The number of halogens is 3. The van der Waals surface area contributed by atoms with Gasteiger partial charge in [0, 0.05) is 31.3 Å². The lowest BCUT2D eigenvalue weighted by Gasteiger charge is -2.60. The minimum Gasteiger partial charge on any atom is -0.405 e. The van der Waals surface area contributed by atoms with E-state index in [0.29, 0.717) is 41.4 Å². The smallest absolute Gasteiger partial charge is 0.405 e. The number of aromatic nitrogens is 2. The molecule has 8 nitrogen and oxygen atoms in total. The van der Waals surface area contributed by atoms with E-state index in [1.165, 1.54) is 43.7 Å². The van der Waals surface area contributed by atoms with Gasteiger partial charge < -0.3 is 25.8 Å². The number of aliphatic hydroxyl groups excluding tert-OH is 1. The monoisotopic (exact) mass is 530 g/mol. The van der Waals surface area contributed by atoms with Gasteiger partial charge in [-0.25, -0.2) is 4.98 Å². The highest BCUT2D eigenvalue weighted by molar-refractivity contribution is 5.53. The van der Waals surface area contributed by atoms with Gasteiger partial charge in [-0.1, -0.05) is 18.2 Å². The Morgan fingerprint density at radius 2 is 1.89 bits per heavy atom. The van der Waals surface area contributed by atoms with Crippen molar-refractivity contribution in [1.82, 2.24) is 15.3 Å². The summed E-state index contributed by atoms with van der Waals surface area (Å²) in [6, 6.07) is 8.55. The predicted octanol–water partition coefficient (Wildman–Crippen LogP) is 4.44. The van der Waals surface area contributed by atoms with Crippen LogP contribution < -0.4 is 20.7 Å². The maximum Gasteiger partial charge on any atom is 0.573 e. The van der Waals surface area contributed by atoms with Crippen LogP contribution in [0, 0.1) is 34.5 Å². The lowest BCUT2D eigenvalue weighted by Crippen LogP contribution is -2.59.